The van der Waals surface area contributed by atoms with Crippen molar-refractivity contribution in [2.24, 2.45) is 5.10 Å². The molecule has 7 nitrogen and oxygen atoms in total. The molecule has 114 valence electrons. The van der Waals surface area contributed by atoms with E-state index in [0.717, 1.165) is 29.8 Å². The van der Waals surface area contributed by atoms with E-state index in [-0.39, 0.29) is 11.7 Å². The summed E-state index contributed by atoms with van der Waals surface area (Å²) in [4.78, 5) is 27.2. The topological polar surface area (TPSA) is 100 Å². The lowest BCUT2D eigenvalue weighted by molar-refractivity contribution is -0.116. The van der Waals surface area contributed by atoms with E-state index in [1.165, 1.54) is 0 Å². The number of aromatic nitrogens is 3. The predicted octanol–water partition coefficient (Wildman–Crippen LogP) is 1.24. The number of rotatable bonds is 2. The number of carbonyl (C=O) groups is 2. The Labute approximate surface area is 131 Å². The van der Waals surface area contributed by atoms with Gasteiger partial charge in [0.2, 0.25) is 0 Å². The Hall–Kier alpha value is -3.09. The normalized spacial score (nSPS) is 18.8. The fraction of sp³-hybridized carbons (Fsp3) is 0.188. The van der Waals surface area contributed by atoms with E-state index in [1.54, 1.807) is 30.6 Å². The Morgan fingerprint density at radius 1 is 1.17 bits per heavy atom. The van der Waals surface area contributed by atoms with Gasteiger partial charge in [0.1, 0.15) is 5.71 Å². The van der Waals surface area contributed by atoms with Gasteiger partial charge in [0.25, 0.3) is 5.91 Å². The Kier molecular flexibility index (Phi) is 3.11. The van der Waals surface area contributed by atoms with Crippen LogP contribution >= 0.6 is 0 Å². The van der Waals surface area contributed by atoms with Gasteiger partial charge in [-0.2, -0.15) is 15.3 Å². The molecule has 0 unspecified atom stereocenters. The number of aryl methyl sites for hydroxylation is 1. The number of H-pyrrole nitrogens is 1. The average molecular weight is 307 g/mol. The molecule has 23 heavy (non-hydrogen) atoms. The fourth-order valence-electron chi connectivity index (χ4n) is 2.88. The monoisotopic (exact) mass is 307 g/mol. The second-order valence-electron chi connectivity index (χ2n) is 5.48. The quantitative estimate of drug-likeness (QED) is 0.815. The first kappa shape index (κ1) is 13.6. The molecule has 0 atom stereocenters. The smallest absolute Gasteiger partial charge is 0.273 e. The van der Waals surface area contributed by atoms with Crippen LogP contribution in [0.15, 0.2) is 35.2 Å². The molecule has 2 aliphatic rings. The van der Waals surface area contributed by atoms with Crippen molar-refractivity contribution < 1.29 is 9.59 Å². The minimum absolute atomic E-state index is 0.148. The Morgan fingerprint density at radius 3 is 2.87 bits per heavy atom. The molecule has 0 saturated carbocycles. The predicted molar refractivity (Wildman–Crippen MR) is 82.7 cm³/mol. The molecule has 2 aromatic rings. The van der Waals surface area contributed by atoms with Crippen LogP contribution in [0.5, 0.6) is 0 Å². The van der Waals surface area contributed by atoms with Crippen molar-refractivity contribution >= 4 is 23.5 Å². The molecule has 0 aromatic carbocycles. The van der Waals surface area contributed by atoms with Crippen LogP contribution in [-0.4, -0.2) is 32.6 Å². The molecular weight excluding hydrogens is 294 g/mol. The Bertz CT molecular complexity index is 864. The fourth-order valence-corrected chi connectivity index (χ4v) is 2.88. The first-order valence-corrected chi connectivity index (χ1v) is 7.34. The summed E-state index contributed by atoms with van der Waals surface area (Å²) in [6, 6.07) is 3.54. The number of nitrogens with one attached hydrogen (secondary N) is 2. The van der Waals surface area contributed by atoms with Crippen LogP contribution in [0, 0.1) is 0 Å². The maximum absolute atomic E-state index is 12.1. The summed E-state index contributed by atoms with van der Waals surface area (Å²) in [5, 5.41) is 11.6. The molecule has 1 aliphatic carbocycles. The summed E-state index contributed by atoms with van der Waals surface area (Å²) in [5.41, 5.74) is 6.51. The van der Waals surface area contributed by atoms with Gasteiger partial charge in [-0.05, 0) is 31.1 Å². The number of carbonyl (C=O) groups excluding carboxylic acids is 2. The molecule has 0 saturated heterocycles. The largest absolute Gasteiger partial charge is 0.358 e. The van der Waals surface area contributed by atoms with Crippen LogP contribution in [0.4, 0.5) is 0 Å². The van der Waals surface area contributed by atoms with E-state index >= 15 is 0 Å². The van der Waals surface area contributed by atoms with Crippen molar-refractivity contribution in [2.75, 3.05) is 0 Å². The molecular formula is C16H13N5O2. The molecule has 2 N–H and O–H groups in total. The number of nitrogens with zero attached hydrogens (tertiary/aromatic N) is 3. The van der Waals surface area contributed by atoms with Gasteiger partial charge in [-0.3, -0.25) is 9.59 Å². The standard InChI is InChI=1S/C16H13N5O2/c22-14-3-1-2-13-11(14)6-10(19-13)7-12-15(20-21-16(12)23)9-4-5-17-18-8-9/h4-8,19H,1-3H2,(H,21,23). The van der Waals surface area contributed by atoms with Gasteiger partial charge in [0, 0.05) is 28.9 Å². The van der Waals surface area contributed by atoms with Crippen molar-refractivity contribution in [2.45, 2.75) is 19.3 Å². The summed E-state index contributed by atoms with van der Waals surface area (Å²) >= 11 is 0. The van der Waals surface area contributed by atoms with Crippen molar-refractivity contribution in [1.82, 2.24) is 20.6 Å². The van der Waals surface area contributed by atoms with Gasteiger partial charge in [-0.25, -0.2) is 5.43 Å². The van der Waals surface area contributed by atoms with E-state index in [4.69, 9.17) is 0 Å². The molecule has 1 aliphatic heterocycles. The van der Waals surface area contributed by atoms with Gasteiger partial charge < -0.3 is 4.98 Å². The van der Waals surface area contributed by atoms with Crippen LogP contribution in [-0.2, 0) is 11.2 Å². The van der Waals surface area contributed by atoms with Gasteiger partial charge in [-0.15, -0.1) is 0 Å². The molecule has 0 spiro atoms. The van der Waals surface area contributed by atoms with Crippen LogP contribution in [0.1, 0.15) is 40.2 Å². The number of Topliss-reactive ketones (excluding diaryl/α,β-unsaturated/α-hetero) is 1. The maximum atomic E-state index is 12.1. The van der Waals surface area contributed by atoms with E-state index in [0.29, 0.717) is 23.3 Å². The Morgan fingerprint density at radius 2 is 2.09 bits per heavy atom. The van der Waals surface area contributed by atoms with Crippen molar-refractivity contribution in [3.8, 4) is 0 Å². The second kappa shape index (κ2) is 5.28. The number of fused-ring (bicyclic) bond motifs is 1. The first-order chi connectivity index (χ1) is 11.2. The zero-order chi connectivity index (χ0) is 15.8. The summed E-state index contributed by atoms with van der Waals surface area (Å²) in [6.45, 7) is 0. The number of hydrazone groups is 1. The summed E-state index contributed by atoms with van der Waals surface area (Å²) in [7, 11) is 0. The van der Waals surface area contributed by atoms with Gasteiger partial charge in [0.15, 0.2) is 5.78 Å². The van der Waals surface area contributed by atoms with Gasteiger partial charge in [-0.1, -0.05) is 0 Å². The van der Waals surface area contributed by atoms with Crippen LogP contribution < -0.4 is 5.43 Å². The summed E-state index contributed by atoms with van der Waals surface area (Å²) < 4.78 is 0. The molecule has 0 bridgehead atoms. The van der Waals surface area contributed by atoms with Crippen molar-refractivity contribution in [3.63, 3.8) is 0 Å². The summed E-state index contributed by atoms with van der Waals surface area (Å²) in [5.74, 6) is -0.133. The van der Waals surface area contributed by atoms with E-state index in [9.17, 15) is 9.59 Å². The lowest BCUT2D eigenvalue weighted by Gasteiger charge is -2.08. The number of hydrogen-bond donors (Lipinski definition) is 2. The second-order valence-corrected chi connectivity index (χ2v) is 5.48. The highest BCUT2D eigenvalue weighted by Gasteiger charge is 2.25. The zero-order valence-electron chi connectivity index (χ0n) is 12.2. The summed E-state index contributed by atoms with van der Waals surface area (Å²) in [6.07, 6.45) is 7.11. The minimum atomic E-state index is -0.282. The zero-order valence-corrected chi connectivity index (χ0v) is 12.2. The van der Waals surface area contributed by atoms with Crippen LogP contribution in [0.2, 0.25) is 0 Å². The van der Waals surface area contributed by atoms with Gasteiger partial charge >= 0.3 is 0 Å². The highest BCUT2D eigenvalue weighted by atomic mass is 16.2. The third-order valence-corrected chi connectivity index (χ3v) is 3.98. The molecule has 0 fully saturated rings. The number of aromatic amines is 1. The van der Waals surface area contributed by atoms with Crippen LogP contribution in [0.25, 0.3) is 6.08 Å². The highest BCUT2D eigenvalue weighted by Crippen LogP contribution is 2.24. The molecule has 3 heterocycles. The SMILES string of the molecule is O=C1NN=C(c2ccnnc2)C1=Cc1cc2c([nH]1)CCCC2=O. The average Bonchev–Trinajstić information content (AvgIpc) is 3.14. The number of amides is 1. The number of ketones is 1. The van der Waals surface area contributed by atoms with E-state index in [2.05, 4.69) is 25.7 Å². The van der Waals surface area contributed by atoms with Gasteiger partial charge in [0.05, 0.1) is 18.0 Å². The molecule has 2 aromatic heterocycles. The lowest BCUT2D eigenvalue weighted by Crippen LogP contribution is -2.13. The third kappa shape index (κ3) is 2.36. The Balaban J connectivity index is 1.74. The number of hydrogen-bond acceptors (Lipinski definition) is 5. The van der Waals surface area contributed by atoms with Crippen molar-refractivity contribution in [1.29, 1.82) is 0 Å². The molecule has 1 amide bonds. The minimum Gasteiger partial charge on any atom is -0.358 e. The van der Waals surface area contributed by atoms with Crippen molar-refractivity contribution in [3.05, 3.63) is 52.6 Å². The molecule has 0 radical (unpaired) electrons. The lowest BCUT2D eigenvalue weighted by atomic mass is 9.97. The van der Waals surface area contributed by atoms with E-state index in [1.807, 2.05) is 0 Å². The maximum Gasteiger partial charge on any atom is 0.273 e. The third-order valence-electron chi connectivity index (χ3n) is 3.98. The van der Waals surface area contributed by atoms with E-state index < -0.39 is 0 Å². The van der Waals surface area contributed by atoms with Crippen LogP contribution in [0.3, 0.4) is 0 Å². The molecule has 7 heteroatoms. The first-order valence-electron chi connectivity index (χ1n) is 7.34. The highest BCUT2D eigenvalue weighted by molar-refractivity contribution is 6.33. The molecule has 4 rings (SSSR count).